The van der Waals surface area contributed by atoms with Crippen molar-refractivity contribution in [2.24, 2.45) is 0 Å². The maximum Gasteiger partial charge on any atom is 0.306 e. The van der Waals surface area contributed by atoms with Crippen molar-refractivity contribution < 1.29 is 18.7 Å². The lowest BCUT2D eigenvalue weighted by Crippen LogP contribution is -2.28. The lowest BCUT2D eigenvalue weighted by Gasteiger charge is -2.20. The highest BCUT2D eigenvalue weighted by Gasteiger charge is 2.18. The zero-order valence-electron chi connectivity index (χ0n) is 13.0. The van der Waals surface area contributed by atoms with Crippen LogP contribution in [0.3, 0.4) is 0 Å². The Morgan fingerprint density at radius 1 is 1.24 bits per heavy atom. The summed E-state index contributed by atoms with van der Waals surface area (Å²) < 4.78 is 18.2. The predicted octanol–water partition coefficient (Wildman–Crippen LogP) is 2.91. The number of amides is 1. The van der Waals surface area contributed by atoms with E-state index < -0.39 is 11.6 Å². The second kappa shape index (κ2) is 7.20. The molecule has 0 saturated carbocycles. The Hall–Kier alpha value is -1.91. The summed E-state index contributed by atoms with van der Waals surface area (Å²) in [6, 6.07) is 6.09. The van der Waals surface area contributed by atoms with Crippen molar-refractivity contribution in [2.75, 3.05) is 7.05 Å². The van der Waals surface area contributed by atoms with Crippen LogP contribution >= 0.6 is 0 Å². The van der Waals surface area contributed by atoms with Gasteiger partial charge in [-0.1, -0.05) is 12.1 Å². The predicted molar refractivity (Wildman–Crippen MR) is 78.0 cm³/mol. The van der Waals surface area contributed by atoms with Crippen LogP contribution in [0.2, 0.25) is 0 Å². The highest BCUT2D eigenvalue weighted by molar-refractivity contribution is 5.81. The fourth-order valence-corrected chi connectivity index (χ4v) is 1.79. The van der Waals surface area contributed by atoms with Gasteiger partial charge in [0.2, 0.25) is 5.91 Å². The lowest BCUT2D eigenvalue weighted by molar-refractivity contribution is -0.156. The van der Waals surface area contributed by atoms with Crippen molar-refractivity contribution >= 4 is 11.9 Å². The van der Waals surface area contributed by atoms with Gasteiger partial charge in [0.15, 0.2) is 0 Å². The summed E-state index contributed by atoms with van der Waals surface area (Å²) in [6.07, 6.45) is 0.129. The Morgan fingerprint density at radius 3 is 2.48 bits per heavy atom. The van der Waals surface area contributed by atoms with Crippen molar-refractivity contribution in [2.45, 2.75) is 45.8 Å². The maximum absolute atomic E-state index is 13.1. The standard InChI is InChI=1S/C16H22FNO3/c1-16(2,3)21-15(20)9-8-14(19)18(4)11-12-6-5-7-13(17)10-12/h5-7,10H,8-9,11H2,1-4H3. The minimum Gasteiger partial charge on any atom is -0.460 e. The molecule has 0 atom stereocenters. The van der Waals surface area contributed by atoms with Gasteiger partial charge in [-0.05, 0) is 38.5 Å². The number of halogens is 1. The van der Waals surface area contributed by atoms with E-state index in [0.717, 1.165) is 0 Å². The first-order valence-electron chi connectivity index (χ1n) is 6.87. The fourth-order valence-electron chi connectivity index (χ4n) is 1.79. The van der Waals surface area contributed by atoms with Gasteiger partial charge in [0.1, 0.15) is 11.4 Å². The van der Waals surface area contributed by atoms with Crippen LogP contribution < -0.4 is 0 Å². The van der Waals surface area contributed by atoms with E-state index >= 15 is 0 Å². The summed E-state index contributed by atoms with van der Waals surface area (Å²) in [5, 5.41) is 0. The van der Waals surface area contributed by atoms with E-state index in [4.69, 9.17) is 4.74 Å². The van der Waals surface area contributed by atoms with Crippen LogP contribution in [0.1, 0.15) is 39.2 Å². The van der Waals surface area contributed by atoms with E-state index in [1.807, 2.05) is 0 Å². The SMILES string of the molecule is CN(Cc1cccc(F)c1)C(=O)CCC(=O)OC(C)(C)C. The third kappa shape index (κ3) is 6.88. The van der Waals surface area contributed by atoms with Gasteiger partial charge in [0.25, 0.3) is 0 Å². The number of esters is 1. The Bertz CT molecular complexity index is 508. The van der Waals surface area contributed by atoms with E-state index in [1.54, 1.807) is 40.0 Å². The molecule has 1 amide bonds. The molecular weight excluding hydrogens is 273 g/mol. The monoisotopic (exact) mass is 295 g/mol. The molecule has 1 aromatic rings. The molecule has 0 aliphatic heterocycles. The molecular formula is C16H22FNO3. The molecule has 5 heteroatoms. The Balaban J connectivity index is 2.43. The first-order valence-corrected chi connectivity index (χ1v) is 6.87. The van der Waals surface area contributed by atoms with Gasteiger partial charge < -0.3 is 9.64 Å². The van der Waals surface area contributed by atoms with Crippen LogP contribution in [-0.4, -0.2) is 29.4 Å². The quantitative estimate of drug-likeness (QED) is 0.785. The van der Waals surface area contributed by atoms with Crippen LogP contribution in [-0.2, 0) is 20.9 Å². The molecule has 0 aliphatic rings. The van der Waals surface area contributed by atoms with Crippen LogP contribution in [0, 0.1) is 5.82 Å². The molecule has 0 saturated heterocycles. The number of ether oxygens (including phenoxy) is 1. The number of hydrogen-bond donors (Lipinski definition) is 0. The fraction of sp³-hybridized carbons (Fsp3) is 0.500. The normalized spacial score (nSPS) is 11.1. The topological polar surface area (TPSA) is 46.6 Å². The molecule has 0 fully saturated rings. The zero-order valence-corrected chi connectivity index (χ0v) is 13.0. The largest absolute Gasteiger partial charge is 0.460 e. The molecule has 4 nitrogen and oxygen atoms in total. The van der Waals surface area contributed by atoms with E-state index in [0.29, 0.717) is 12.1 Å². The smallest absolute Gasteiger partial charge is 0.306 e. The molecule has 0 spiro atoms. The molecule has 0 N–H and O–H groups in total. The van der Waals surface area contributed by atoms with Gasteiger partial charge in [-0.2, -0.15) is 0 Å². The summed E-state index contributed by atoms with van der Waals surface area (Å²) in [7, 11) is 1.63. The summed E-state index contributed by atoms with van der Waals surface area (Å²) in [4.78, 5) is 24.9. The van der Waals surface area contributed by atoms with E-state index in [2.05, 4.69) is 0 Å². The molecule has 0 aromatic heterocycles. The third-order valence-corrected chi connectivity index (χ3v) is 2.70. The molecule has 1 rings (SSSR count). The minimum atomic E-state index is -0.548. The van der Waals surface area contributed by atoms with Crippen molar-refractivity contribution in [3.8, 4) is 0 Å². The summed E-state index contributed by atoms with van der Waals surface area (Å²) in [5.74, 6) is -0.901. The molecule has 1 aromatic carbocycles. The third-order valence-electron chi connectivity index (χ3n) is 2.70. The molecule has 0 bridgehead atoms. The van der Waals surface area contributed by atoms with Crippen molar-refractivity contribution in [1.29, 1.82) is 0 Å². The minimum absolute atomic E-state index is 0.0452. The highest BCUT2D eigenvalue weighted by Crippen LogP contribution is 2.11. The summed E-state index contributed by atoms with van der Waals surface area (Å²) >= 11 is 0. The molecule has 0 radical (unpaired) electrons. The first kappa shape index (κ1) is 17.1. The first-order chi connectivity index (χ1) is 9.67. The highest BCUT2D eigenvalue weighted by atomic mass is 19.1. The number of hydrogen-bond acceptors (Lipinski definition) is 3. The summed E-state index contributed by atoms with van der Waals surface area (Å²) in [5.41, 5.74) is 0.163. The maximum atomic E-state index is 13.1. The van der Waals surface area contributed by atoms with Crippen LogP contribution in [0.15, 0.2) is 24.3 Å². The van der Waals surface area contributed by atoms with Gasteiger partial charge in [-0.25, -0.2) is 4.39 Å². The van der Waals surface area contributed by atoms with Gasteiger partial charge in [0.05, 0.1) is 6.42 Å². The van der Waals surface area contributed by atoms with Crippen molar-refractivity contribution in [3.63, 3.8) is 0 Å². The van der Waals surface area contributed by atoms with Gasteiger partial charge >= 0.3 is 5.97 Å². The Labute approximate surface area is 124 Å². The molecule has 0 unspecified atom stereocenters. The van der Waals surface area contributed by atoms with Crippen LogP contribution in [0.25, 0.3) is 0 Å². The van der Waals surface area contributed by atoms with E-state index in [1.165, 1.54) is 17.0 Å². The zero-order chi connectivity index (χ0) is 16.0. The number of benzene rings is 1. The lowest BCUT2D eigenvalue weighted by atomic mass is 10.2. The molecule has 116 valence electrons. The second-order valence-corrected chi connectivity index (χ2v) is 5.97. The Morgan fingerprint density at radius 2 is 1.90 bits per heavy atom. The molecule has 0 heterocycles. The van der Waals surface area contributed by atoms with Gasteiger partial charge in [-0.15, -0.1) is 0 Å². The average Bonchev–Trinajstić information content (AvgIpc) is 2.33. The van der Waals surface area contributed by atoms with E-state index in [9.17, 15) is 14.0 Å². The number of carbonyl (C=O) groups excluding carboxylic acids is 2. The van der Waals surface area contributed by atoms with Crippen molar-refractivity contribution in [1.82, 2.24) is 4.90 Å². The van der Waals surface area contributed by atoms with Crippen LogP contribution in [0.5, 0.6) is 0 Å². The molecule has 21 heavy (non-hydrogen) atoms. The van der Waals surface area contributed by atoms with Gasteiger partial charge in [0, 0.05) is 20.0 Å². The second-order valence-electron chi connectivity index (χ2n) is 5.97. The van der Waals surface area contributed by atoms with Crippen molar-refractivity contribution in [3.05, 3.63) is 35.6 Å². The number of rotatable bonds is 5. The Kier molecular flexibility index (Phi) is 5.88. The number of carbonyl (C=O) groups is 2. The van der Waals surface area contributed by atoms with E-state index in [-0.39, 0.29) is 24.6 Å². The number of nitrogens with zero attached hydrogens (tertiary/aromatic N) is 1. The summed E-state index contributed by atoms with van der Waals surface area (Å²) in [6.45, 7) is 5.65. The van der Waals surface area contributed by atoms with Crippen LogP contribution in [0.4, 0.5) is 4.39 Å². The average molecular weight is 295 g/mol. The molecule has 0 aliphatic carbocycles. The van der Waals surface area contributed by atoms with Gasteiger partial charge in [-0.3, -0.25) is 9.59 Å².